The van der Waals surface area contributed by atoms with Crippen LogP contribution in [0.2, 0.25) is 1.41 Å². The lowest BCUT2D eigenvalue weighted by Crippen LogP contribution is -2.39. The zero-order valence-electron chi connectivity index (χ0n) is 11.3. The molecule has 0 bridgehead atoms. The highest BCUT2D eigenvalue weighted by atomic mass is 16.4. The summed E-state index contributed by atoms with van der Waals surface area (Å²) in [6.45, 7) is -5.52. The molecule has 0 atom stereocenters. The van der Waals surface area contributed by atoms with E-state index in [9.17, 15) is 4.79 Å². The molecule has 0 aliphatic heterocycles. The van der Waals surface area contributed by atoms with Crippen molar-refractivity contribution >= 4 is 6.09 Å². The van der Waals surface area contributed by atoms with Crippen LogP contribution in [0.15, 0.2) is 0 Å². The molecule has 0 rings (SSSR count). The van der Waals surface area contributed by atoms with E-state index in [0.29, 0.717) is 6.92 Å². The van der Waals surface area contributed by atoms with Gasteiger partial charge in [-0.05, 0) is 20.6 Å². The summed E-state index contributed by atoms with van der Waals surface area (Å²) in [6.07, 6.45) is -1.93. The summed E-state index contributed by atoms with van der Waals surface area (Å²) in [4.78, 5) is 10.5. The van der Waals surface area contributed by atoms with Gasteiger partial charge in [-0.3, -0.25) is 0 Å². The van der Waals surface area contributed by atoms with Crippen LogP contribution < -0.4 is 5.31 Å². The van der Waals surface area contributed by atoms with Crippen LogP contribution in [0.5, 0.6) is 0 Å². The van der Waals surface area contributed by atoms with E-state index in [1.165, 1.54) is 0 Å². The first-order valence-electron chi connectivity index (χ1n) is 5.32. The second-order valence-electron chi connectivity index (χ2n) is 1.47. The number of rotatable bonds is 0. The summed E-state index contributed by atoms with van der Waals surface area (Å²) in [5, 5.41) is 8.05. The van der Waals surface area contributed by atoms with Crippen LogP contribution in [0.3, 0.4) is 0 Å². The highest BCUT2D eigenvalue weighted by Crippen LogP contribution is 1.96. The minimum atomic E-state index is -3.11. The first kappa shape index (κ1) is 1.62. The molecule has 0 unspecified atom stereocenters. The Morgan fingerprint density at radius 2 is 2.50 bits per heavy atom. The first-order chi connectivity index (χ1) is 6.35. The van der Waals surface area contributed by atoms with Crippen molar-refractivity contribution in [1.82, 2.24) is 5.31 Å². The Bertz CT molecular complexity index is 243. The van der Waals surface area contributed by atoms with Crippen LogP contribution in [0.1, 0.15) is 28.9 Å². The van der Waals surface area contributed by atoms with Gasteiger partial charge in [-0.1, -0.05) is 0 Å². The summed E-state index contributed by atoms with van der Waals surface area (Å²) in [6, 6.07) is 0. The number of amides is 1. The van der Waals surface area contributed by atoms with E-state index >= 15 is 0 Å². The topological polar surface area (TPSA) is 49.3 Å². The summed E-state index contributed by atoms with van der Waals surface area (Å²) in [7, 11) is 0. The van der Waals surface area contributed by atoms with Crippen LogP contribution in [-0.4, -0.2) is 16.7 Å². The third-order valence-corrected chi connectivity index (χ3v) is 0.319. The molecule has 3 nitrogen and oxygen atoms in total. The fourth-order valence-corrected chi connectivity index (χ4v) is 0.191. The molecular formula is C5H11NO2. The van der Waals surface area contributed by atoms with Crippen molar-refractivity contribution in [2.75, 3.05) is 0 Å². The highest BCUT2D eigenvalue weighted by molar-refractivity contribution is 5.65. The fourth-order valence-electron chi connectivity index (χ4n) is 0.191. The van der Waals surface area contributed by atoms with Gasteiger partial charge in [0.15, 0.2) is 1.41 Å². The Labute approximate surface area is 58.6 Å². The SMILES string of the molecule is [2H]N(C(=O)O)C(C)(C([2H])([2H])[2H])C([2H])([2H])[2H]. The normalized spacial score (nSPS) is 26.9. The largest absolute Gasteiger partial charge is 0.465 e. The minimum absolute atomic E-state index is 0.438. The molecule has 0 aromatic carbocycles. The van der Waals surface area contributed by atoms with E-state index in [2.05, 4.69) is 0 Å². The lowest BCUT2D eigenvalue weighted by atomic mass is 10.1. The van der Waals surface area contributed by atoms with Gasteiger partial charge in [-0.25, -0.2) is 4.79 Å². The van der Waals surface area contributed by atoms with Crippen LogP contribution in [-0.2, 0) is 0 Å². The number of carboxylic acid groups (broad SMARTS) is 1. The molecule has 0 aromatic heterocycles. The van der Waals surface area contributed by atoms with Crippen molar-refractivity contribution in [3.63, 3.8) is 0 Å². The number of hydrogen-bond acceptors (Lipinski definition) is 1. The molecule has 0 spiro atoms. The second-order valence-corrected chi connectivity index (χ2v) is 1.47. The van der Waals surface area contributed by atoms with Gasteiger partial charge in [0.05, 0.1) is 0 Å². The number of carbonyl (C=O) groups is 1. The molecule has 0 heterocycles. The maximum absolute atomic E-state index is 10.5. The molecule has 1 amide bonds. The van der Waals surface area contributed by atoms with Crippen molar-refractivity contribution in [2.24, 2.45) is 0 Å². The molecule has 0 fully saturated rings. The second kappa shape index (κ2) is 2.03. The molecule has 0 saturated carbocycles. The molecule has 0 aromatic rings. The molecular weight excluding hydrogens is 106 g/mol. The Morgan fingerprint density at radius 3 is 2.62 bits per heavy atom. The Hall–Kier alpha value is -0.730. The highest BCUT2D eigenvalue weighted by Gasteiger charge is 2.10. The Balaban J connectivity index is 5.53. The van der Waals surface area contributed by atoms with E-state index < -0.39 is 30.6 Å². The van der Waals surface area contributed by atoms with E-state index in [1.807, 2.05) is 0 Å². The summed E-state index contributed by atoms with van der Waals surface area (Å²) in [5.74, 6) is 0. The predicted molar refractivity (Wildman–Crippen MR) is 30.9 cm³/mol. The molecule has 2 N–H and O–H groups in total. The molecule has 0 radical (unpaired) electrons. The lowest BCUT2D eigenvalue weighted by molar-refractivity contribution is 0.184. The predicted octanol–water partition coefficient (Wildman–Crippen LogP) is 1.05. The number of hydrogen-bond donors (Lipinski definition) is 2. The van der Waals surface area contributed by atoms with E-state index in [4.69, 9.17) is 14.7 Å². The van der Waals surface area contributed by atoms with Crippen molar-refractivity contribution in [2.45, 2.75) is 26.2 Å². The molecule has 0 saturated heterocycles. The van der Waals surface area contributed by atoms with Gasteiger partial charge >= 0.3 is 6.09 Å². The summed E-state index contributed by atoms with van der Waals surface area (Å²) < 4.78 is 49.1. The molecule has 48 valence electrons. The van der Waals surface area contributed by atoms with Gasteiger partial charge in [0, 0.05) is 13.8 Å². The van der Waals surface area contributed by atoms with Gasteiger partial charge in [0.25, 0.3) is 0 Å². The minimum Gasteiger partial charge on any atom is -0.465 e. The van der Waals surface area contributed by atoms with Gasteiger partial charge < -0.3 is 10.4 Å². The average Bonchev–Trinajstić information content (AvgIpc) is 1.96. The zero-order valence-corrected chi connectivity index (χ0v) is 4.30. The van der Waals surface area contributed by atoms with Crippen molar-refractivity contribution in [3.05, 3.63) is 0 Å². The Kier molecular flexibility index (Phi) is 0.411. The molecule has 8 heavy (non-hydrogen) atoms. The number of nitrogens with one attached hydrogen (secondary N) is 1. The van der Waals surface area contributed by atoms with Gasteiger partial charge in [-0.2, -0.15) is 0 Å². The van der Waals surface area contributed by atoms with E-state index in [-0.39, 0.29) is 0 Å². The van der Waals surface area contributed by atoms with Crippen LogP contribution in [0.25, 0.3) is 0 Å². The third-order valence-electron chi connectivity index (χ3n) is 0.319. The van der Waals surface area contributed by atoms with Crippen molar-refractivity contribution in [3.8, 4) is 0 Å². The van der Waals surface area contributed by atoms with Gasteiger partial charge in [0.1, 0.15) is 0 Å². The monoisotopic (exact) mass is 124 g/mol. The van der Waals surface area contributed by atoms with Crippen molar-refractivity contribution < 1.29 is 19.5 Å². The van der Waals surface area contributed by atoms with Crippen molar-refractivity contribution in [1.29, 1.82) is 0 Å². The summed E-state index contributed by atoms with van der Waals surface area (Å²) >= 11 is 0. The first-order valence-corrected chi connectivity index (χ1v) is 1.87. The fraction of sp³-hybridized carbons (Fsp3) is 0.800. The van der Waals surface area contributed by atoms with Crippen LogP contribution >= 0.6 is 0 Å². The molecule has 0 aliphatic rings. The van der Waals surface area contributed by atoms with Crippen LogP contribution in [0, 0.1) is 0 Å². The van der Waals surface area contributed by atoms with E-state index in [0.717, 1.165) is 0 Å². The summed E-state index contributed by atoms with van der Waals surface area (Å²) in [5.41, 5.74) is -2.74. The standard InChI is InChI=1S/C5H11NO2/c1-5(2,3)6-4(7)8/h6H,1-3H3,(H,7,8)/i1D3,2D3/hD. The third kappa shape index (κ3) is 5.27. The quantitative estimate of drug-likeness (QED) is 0.507. The van der Waals surface area contributed by atoms with Gasteiger partial charge in [-0.15, -0.1) is 0 Å². The smallest absolute Gasteiger partial charge is 0.405 e. The van der Waals surface area contributed by atoms with Crippen LogP contribution in [0.4, 0.5) is 4.79 Å². The zero-order chi connectivity index (χ0) is 12.7. The average molecular weight is 124 g/mol. The maximum Gasteiger partial charge on any atom is 0.405 e. The van der Waals surface area contributed by atoms with Gasteiger partial charge in [0.2, 0.25) is 0 Å². The lowest BCUT2D eigenvalue weighted by Gasteiger charge is -2.16. The maximum atomic E-state index is 10.5. The Morgan fingerprint density at radius 1 is 2.00 bits per heavy atom. The molecule has 0 aliphatic carbocycles. The molecule has 3 heteroatoms. The van der Waals surface area contributed by atoms with E-state index in [1.54, 1.807) is 0 Å².